The average molecular weight is 313 g/mol. The zero-order valence-corrected chi connectivity index (χ0v) is 12.8. The van der Waals surface area contributed by atoms with E-state index in [1.165, 1.54) is 6.20 Å². The number of nitrogens with zero attached hydrogens (tertiary/aromatic N) is 3. The molecular weight excluding hydrogens is 299 g/mol. The van der Waals surface area contributed by atoms with Crippen LogP contribution in [0.1, 0.15) is 34.6 Å². The van der Waals surface area contributed by atoms with Crippen molar-refractivity contribution in [2.45, 2.75) is 19.9 Å². The number of pyridine rings is 1. The lowest BCUT2D eigenvalue weighted by molar-refractivity contribution is 0.0939. The maximum Gasteiger partial charge on any atom is 0.254 e. The molecule has 0 aliphatic rings. The number of hydrogen-bond acceptors (Lipinski definition) is 3. The number of halogens is 2. The van der Waals surface area contributed by atoms with Gasteiger partial charge in [0, 0.05) is 25.0 Å². The largest absolute Gasteiger partial charge is 0.345 e. The zero-order valence-electron chi connectivity index (χ0n) is 11.3. The van der Waals surface area contributed by atoms with Crippen molar-refractivity contribution >= 4 is 29.1 Å². The molecule has 2 rings (SSSR count). The van der Waals surface area contributed by atoms with E-state index in [1.54, 1.807) is 17.8 Å². The van der Waals surface area contributed by atoms with Crippen molar-refractivity contribution in [3.63, 3.8) is 0 Å². The minimum absolute atomic E-state index is 0.188. The Hall–Kier alpha value is -1.59. The van der Waals surface area contributed by atoms with Crippen molar-refractivity contribution in [1.82, 2.24) is 20.1 Å². The number of nitrogens with one attached hydrogen (secondary N) is 1. The summed E-state index contributed by atoms with van der Waals surface area (Å²) in [4.78, 5) is 16.2. The van der Waals surface area contributed by atoms with E-state index in [1.807, 2.05) is 20.2 Å². The minimum atomic E-state index is -0.319. The van der Waals surface area contributed by atoms with Gasteiger partial charge in [0.15, 0.2) is 0 Å². The third-order valence-electron chi connectivity index (χ3n) is 2.95. The van der Waals surface area contributed by atoms with E-state index in [0.29, 0.717) is 10.7 Å². The normalized spacial score (nSPS) is 12.2. The van der Waals surface area contributed by atoms with Gasteiger partial charge in [0.25, 0.3) is 5.91 Å². The maximum absolute atomic E-state index is 12.2. The van der Waals surface area contributed by atoms with Crippen LogP contribution in [0.25, 0.3) is 0 Å². The Morgan fingerprint density at radius 3 is 2.65 bits per heavy atom. The molecule has 20 heavy (non-hydrogen) atoms. The highest BCUT2D eigenvalue weighted by Gasteiger charge is 2.18. The van der Waals surface area contributed by atoms with Gasteiger partial charge in [-0.1, -0.05) is 23.2 Å². The van der Waals surface area contributed by atoms with Gasteiger partial charge in [-0.25, -0.2) is 0 Å². The van der Waals surface area contributed by atoms with Gasteiger partial charge < -0.3 is 5.32 Å². The first-order chi connectivity index (χ1) is 9.40. The molecule has 5 nitrogen and oxygen atoms in total. The maximum atomic E-state index is 12.2. The van der Waals surface area contributed by atoms with Crippen LogP contribution in [0.2, 0.25) is 10.0 Å². The quantitative estimate of drug-likeness (QED) is 0.948. The van der Waals surface area contributed by atoms with Crippen LogP contribution in [0, 0.1) is 6.92 Å². The van der Waals surface area contributed by atoms with E-state index in [-0.39, 0.29) is 22.5 Å². The molecule has 2 aromatic rings. The molecule has 1 N–H and O–H groups in total. The summed E-state index contributed by atoms with van der Waals surface area (Å²) in [7, 11) is 1.82. The molecule has 0 saturated heterocycles. The summed E-state index contributed by atoms with van der Waals surface area (Å²) in [6, 6.07) is -0.188. The van der Waals surface area contributed by atoms with Crippen LogP contribution in [0.4, 0.5) is 0 Å². The predicted molar refractivity (Wildman–Crippen MR) is 78.1 cm³/mol. The fourth-order valence-corrected chi connectivity index (χ4v) is 2.15. The molecule has 0 spiro atoms. The first-order valence-corrected chi connectivity index (χ1v) is 6.75. The second-order valence-electron chi connectivity index (χ2n) is 4.53. The van der Waals surface area contributed by atoms with Crippen LogP contribution in [-0.2, 0) is 7.05 Å². The Morgan fingerprint density at radius 1 is 1.35 bits per heavy atom. The summed E-state index contributed by atoms with van der Waals surface area (Å²) < 4.78 is 1.68. The number of carbonyl (C=O) groups is 1. The number of carbonyl (C=O) groups excluding carboxylic acids is 1. The third-order valence-corrected chi connectivity index (χ3v) is 3.90. The van der Waals surface area contributed by atoms with E-state index in [9.17, 15) is 4.79 Å². The molecule has 0 saturated carbocycles. The van der Waals surface area contributed by atoms with E-state index < -0.39 is 0 Å². The average Bonchev–Trinajstić information content (AvgIpc) is 2.82. The fourth-order valence-electron chi connectivity index (χ4n) is 1.73. The monoisotopic (exact) mass is 312 g/mol. The molecule has 106 valence electrons. The molecule has 0 aromatic carbocycles. The van der Waals surface area contributed by atoms with Gasteiger partial charge in [0.05, 0.1) is 33.5 Å². The van der Waals surface area contributed by atoms with Gasteiger partial charge in [-0.15, -0.1) is 0 Å². The lowest BCUT2D eigenvalue weighted by atomic mass is 10.1. The first kappa shape index (κ1) is 14.8. The van der Waals surface area contributed by atoms with Gasteiger partial charge in [0.2, 0.25) is 0 Å². The Labute approximate surface area is 126 Å². The van der Waals surface area contributed by atoms with Crippen molar-refractivity contribution in [3.05, 3.63) is 45.5 Å². The Morgan fingerprint density at radius 2 is 2.05 bits per heavy atom. The van der Waals surface area contributed by atoms with E-state index in [0.717, 1.165) is 5.56 Å². The molecule has 1 amide bonds. The number of aryl methyl sites for hydroxylation is 2. The van der Waals surface area contributed by atoms with E-state index >= 15 is 0 Å². The third kappa shape index (κ3) is 2.94. The van der Waals surface area contributed by atoms with Gasteiger partial charge in [-0.2, -0.15) is 5.10 Å². The lowest BCUT2D eigenvalue weighted by Crippen LogP contribution is -2.27. The predicted octanol–water partition coefficient (Wildman–Crippen LogP) is 2.92. The van der Waals surface area contributed by atoms with Crippen LogP contribution < -0.4 is 5.32 Å². The summed E-state index contributed by atoms with van der Waals surface area (Å²) >= 11 is 12.1. The molecule has 7 heteroatoms. The number of rotatable bonds is 3. The van der Waals surface area contributed by atoms with Gasteiger partial charge >= 0.3 is 0 Å². The Balaban J connectivity index is 2.18. The van der Waals surface area contributed by atoms with Crippen molar-refractivity contribution < 1.29 is 4.79 Å². The molecule has 1 atom stereocenters. The van der Waals surface area contributed by atoms with Gasteiger partial charge in [-0.05, 0) is 13.8 Å². The molecule has 1 unspecified atom stereocenters. The van der Waals surface area contributed by atoms with E-state index in [2.05, 4.69) is 15.4 Å². The summed E-state index contributed by atoms with van der Waals surface area (Å²) in [6.07, 6.45) is 4.97. The molecule has 0 bridgehead atoms. The van der Waals surface area contributed by atoms with Crippen LogP contribution >= 0.6 is 23.2 Å². The van der Waals surface area contributed by atoms with Crippen LogP contribution in [0.15, 0.2) is 18.6 Å². The van der Waals surface area contributed by atoms with Gasteiger partial charge in [0.1, 0.15) is 0 Å². The fraction of sp³-hybridized carbons (Fsp3) is 0.308. The number of hydrogen-bond donors (Lipinski definition) is 1. The first-order valence-electron chi connectivity index (χ1n) is 6.00. The second-order valence-corrected chi connectivity index (χ2v) is 5.28. The summed E-state index contributed by atoms with van der Waals surface area (Å²) in [6.45, 7) is 3.60. The molecular formula is C13H14Cl2N4O. The summed E-state index contributed by atoms with van der Waals surface area (Å²) in [5.41, 5.74) is 1.76. The van der Waals surface area contributed by atoms with Crippen molar-refractivity contribution in [1.29, 1.82) is 0 Å². The zero-order chi connectivity index (χ0) is 14.9. The van der Waals surface area contributed by atoms with Crippen LogP contribution in [0.3, 0.4) is 0 Å². The molecule has 0 radical (unpaired) electrons. The molecule has 0 aliphatic heterocycles. The standard InChI is InChI=1S/C13H14Cl2N4O/c1-7(9-4-17-19(3)6-9)18-13(20)10-5-16-8(2)11(14)12(10)15/h4-7H,1-3H3,(H,18,20). The second kappa shape index (κ2) is 5.81. The highest BCUT2D eigenvalue weighted by Crippen LogP contribution is 2.27. The topological polar surface area (TPSA) is 59.8 Å². The Bertz CT molecular complexity index is 654. The number of aromatic nitrogens is 3. The molecule has 2 aromatic heterocycles. The Kier molecular flexibility index (Phi) is 4.30. The highest BCUT2D eigenvalue weighted by atomic mass is 35.5. The molecule has 0 fully saturated rings. The smallest absolute Gasteiger partial charge is 0.254 e. The van der Waals surface area contributed by atoms with E-state index in [4.69, 9.17) is 23.2 Å². The summed E-state index contributed by atoms with van der Waals surface area (Å²) in [5, 5.41) is 7.42. The van der Waals surface area contributed by atoms with Crippen molar-refractivity contribution in [2.75, 3.05) is 0 Å². The van der Waals surface area contributed by atoms with Crippen LogP contribution in [0.5, 0.6) is 0 Å². The molecule has 0 aliphatic carbocycles. The SMILES string of the molecule is Cc1ncc(C(=O)NC(C)c2cnn(C)c2)c(Cl)c1Cl. The van der Waals surface area contributed by atoms with Crippen molar-refractivity contribution in [2.24, 2.45) is 7.05 Å². The summed E-state index contributed by atoms with van der Waals surface area (Å²) in [5.74, 6) is -0.319. The molecule has 2 heterocycles. The lowest BCUT2D eigenvalue weighted by Gasteiger charge is -2.13. The number of amides is 1. The minimum Gasteiger partial charge on any atom is -0.345 e. The van der Waals surface area contributed by atoms with Crippen LogP contribution in [-0.4, -0.2) is 20.7 Å². The van der Waals surface area contributed by atoms with Gasteiger partial charge in [-0.3, -0.25) is 14.5 Å². The highest BCUT2D eigenvalue weighted by molar-refractivity contribution is 6.44. The van der Waals surface area contributed by atoms with Crippen molar-refractivity contribution in [3.8, 4) is 0 Å².